The van der Waals surface area contributed by atoms with Crippen molar-refractivity contribution in [3.63, 3.8) is 0 Å². The predicted molar refractivity (Wildman–Crippen MR) is 88.1 cm³/mol. The second-order valence-electron chi connectivity index (χ2n) is 4.12. The topological polar surface area (TPSA) is 67.5 Å². The van der Waals surface area contributed by atoms with Crippen molar-refractivity contribution in [1.82, 2.24) is 0 Å². The maximum Gasteiger partial charge on any atom is 0.271 e. The Kier molecular flexibility index (Phi) is 4.67. The number of hydrazone groups is 1. The lowest BCUT2D eigenvalue weighted by atomic mass is 10.1. The van der Waals surface area contributed by atoms with E-state index in [4.69, 9.17) is 0 Å². The van der Waals surface area contributed by atoms with Crippen molar-refractivity contribution in [2.75, 3.05) is 5.43 Å². The standard InChI is InChI=1S/C14H12IN3O2/c1-10(11-5-7-12(15)8-6-11)16-17-13-3-2-4-14(9-13)18(19)20/h2-9,17H,1H3/b16-10-. The molecule has 0 saturated carbocycles. The first-order chi connectivity index (χ1) is 9.56. The molecular weight excluding hydrogens is 369 g/mol. The van der Waals surface area contributed by atoms with Crippen molar-refractivity contribution < 1.29 is 4.92 Å². The van der Waals surface area contributed by atoms with Crippen LogP contribution in [0.25, 0.3) is 0 Å². The highest BCUT2D eigenvalue weighted by atomic mass is 127. The van der Waals surface area contributed by atoms with Crippen LogP contribution in [0.2, 0.25) is 0 Å². The molecule has 0 radical (unpaired) electrons. The lowest BCUT2D eigenvalue weighted by molar-refractivity contribution is -0.384. The molecule has 5 nitrogen and oxygen atoms in total. The van der Waals surface area contributed by atoms with Gasteiger partial charge in [0.15, 0.2) is 0 Å². The van der Waals surface area contributed by atoms with Gasteiger partial charge in [-0.2, -0.15) is 5.10 Å². The van der Waals surface area contributed by atoms with Gasteiger partial charge in [-0.25, -0.2) is 0 Å². The molecule has 0 aliphatic heterocycles. The third-order valence-corrected chi connectivity index (χ3v) is 3.39. The monoisotopic (exact) mass is 381 g/mol. The zero-order valence-electron chi connectivity index (χ0n) is 10.7. The molecule has 0 unspecified atom stereocenters. The van der Waals surface area contributed by atoms with E-state index in [1.54, 1.807) is 12.1 Å². The van der Waals surface area contributed by atoms with E-state index < -0.39 is 4.92 Å². The number of nitro benzene ring substituents is 1. The molecule has 0 aromatic heterocycles. The second-order valence-corrected chi connectivity index (χ2v) is 5.37. The SMILES string of the molecule is C/C(=N/Nc1cccc([N+](=O)[O-])c1)c1ccc(I)cc1. The number of nitrogens with zero attached hydrogens (tertiary/aromatic N) is 2. The molecule has 0 bridgehead atoms. The molecule has 0 spiro atoms. The van der Waals surface area contributed by atoms with E-state index in [0.717, 1.165) is 14.8 Å². The van der Waals surface area contributed by atoms with Gasteiger partial charge in [-0.15, -0.1) is 0 Å². The van der Waals surface area contributed by atoms with Crippen molar-refractivity contribution in [3.05, 3.63) is 67.8 Å². The smallest absolute Gasteiger partial charge is 0.271 e. The molecule has 0 heterocycles. The number of nitrogens with one attached hydrogen (secondary N) is 1. The Morgan fingerprint density at radius 3 is 2.60 bits per heavy atom. The van der Waals surface area contributed by atoms with Gasteiger partial charge in [0.2, 0.25) is 0 Å². The van der Waals surface area contributed by atoms with E-state index in [2.05, 4.69) is 33.1 Å². The first kappa shape index (κ1) is 14.4. The minimum absolute atomic E-state index is 0.0390. The Bertz CT molecular complexity index is 654. The number of rotatable bonds is 4. The summed E-state index contributed by atoms with van der Waals surface area (Å²) in [5.41, 5.74) is 5.28. The van der Waals surface area contributed by atoms with Crippen molar-refractivity contribution in [2.24, 2.45) is 5.10 Å². The molecule has 6 heteroatoms. The van der Waals surface area contributed by atoms with Crippen molar-refractivity contribution in [3.8, 4) is 0 Å². The molecule has 2 aromatic rings. The highest BCUT2D eigenvalue weighted by Gasteiger charge is 2.05. The average Bonchev–Trinajstić information content (AvgIpc) is 2.46. The van der Waals surface area contributed by atoms with Crippen LogP contribution in [0.15, 0.2) is 53.6 Å². The summed E-state index contributed by atoms with van der Waals surface area (Å²) in [5, 5.41) is 14.9. The summed E-state index contributed by atoms with van der Waals surface area (Å²) in [7, 11) is 0. The maximum absolute atomic E-state index is 10.7. The van der Waals surface area contributed by atoms with Gasteiger partial charge < -0.3 is 0 Å². The molecule has 1 N–H and O–H groups in total. The Balaban J connectivity index is 2.14. The van der Waals surface area contributed by atoms with E-state index in [1.165, 1.54) is 12.1 Å². The molecule has 102 valence electrons. The zero-order valence-corrected chi connectivity index (χ0v) is 12.9. The summed E-state index contributed by atoms with van der Waals surface area (Å²) in [6.45, 7) is 1.88. The summed E-state index contributed by atoms with van der Waals surface area (Å²) < 4.78 is 1.16. The molecule has 0 atom stereocenters. The number of non-ortho nitro benzene ring substituents is 1. The summed E-state index contributed by atoms with van der Waals surface area (Å²) >= 11 is 2.24. The lowest BCUT2D eigenvalue weighted by Crippen LogP contribution is -2.00. The summed E-state index contributed by atoms with van der Waals surface area (Å²) in [6.07, 6.45) is 0. The van der Waals surface area contributed by atoms with Crippen LogP contribution in [0.3, 0.4) is 0 Å². The Morgan fingerprint density at radius 1 is 1.25 bits per heavy atom. The number of nitro groups is 1. The number of benzene rings is 2. The number of anilines is 1. The van der Waals surface area contributed by atoms with Crippen LogP contribution in [0.5, 0.6) is 0 Å². The van der Waals surface area contributed by atoms with Crippen molar-refractivity contribution in [2.45, 2.75) is 6.92 Å². The highest BCUT2D eigenvalue weighted by molar-refractivity contribution is 14.1. The lowest BCUT2D eigenvalue weighted by Gasteiger charge is -2.04. The van der Waals surface area contributed by atoms with Gasteiger partial charge in [-0.05, 0) is 53.3 Å². The van der Waals surface area contributed by atoms with Crippen molar-refractivity contribution >= 4 is 39.7 Å². The molecule has 2 rings (SSSR count). The number of hydrogen-bond donors (Lipinski definition) is 1. The zero-order chi connectivity index (χ0) is 14.5. The van der Waals surface area contributed by atoms with Crippen LogP contribution >= 0.6 is 22.6 Å². The van der Waals surface area contributed by atoms with Crippen molar-refractivity contribution in [1.29, 1.82) is 0 Å². The molecule has 0 amide bonds. The molecule has 0 aliphatic carbocycles. The molecular formula is C14H12IN3O2. The van der Waals surface area contributed by atoms with E-state index in [1.807, 2.05) is 31.2 Å². The minimum atomic E-state index is -0.430. The van der Waals surface area contributed by atoms with Gasteiger partial charge >= 0.3 is 0 Å². The van der Waals surface area contributed by atoms with Crippen LogP contribution in [0.4, 0.5) is 11.4 Å². The Morgan fingerprint density at radius 2 is 1.95 bits per heavy atom. The van der Waals surface area contributed by atoms with E-state index in [9.17, 15) is 10.1 Å². The first-order valence-corrected chi connectivity index (χ1v) is 6.95. The second kappa shape index (κ2) is 6.47. The van der Waals surface area contributed by atoms with Crippen LogP contribution in [-0.2, 0) is 0 Å². The third-order valence-electron chi connectivity index (χ3n) is 2.67. The number of hydrogen-bond acceptors (Lipinski definition) is 4. The Hall–Kier alpha value is -1.96. The molecule has 20 heavy (non-hydrogen) atoms. The van der Waals surface area contributed by atoms with Gasteiger partial charge in [0.25, 0.3) is 5.69 Å². The Labute approximate surface area is 130 Å². The fourth-order valence-corrected chi connectivity index (χ4v) is 1.95. The quantitative estimate of drug-likeness (QED) is 0.376. The molecule has 0 aliphatic rings. The first-order valence-electron chi connectivity index (χ1n) is 5.87. The van der Waals surface area contributed by atoms with Crippen LogP contribution in [0, 0.1) is 13.7 Å². The van der Waals surface area contributed by atoms with E-state index in [0.29, 0.717) is 5.69 Å². The molecule has 0 fully saturated rings. The van der Waals surface area contributed by atoms with Crippen LogP contribution in [-0.4, -0.2) is 10.6 Å². The maximum atomic E-state index is 10.7. The summed E-state index contributed by atoms with van der Waals surface area (Å²) in [4.78, 5) is 10.3. The third kappa shape index (κ3) is 3.77. The summed E-state index contributed by atoms with van der Waals surface area (Å²) in [5.74, 6) is 0. The highest BCUT2D eigenvalue weighted by Crippen LogP contribution is 2.17. The van der Waals surface area contributed by atoms with Gasteiger partial charge in [0, 0.05) is 15.7 Å². The van der Waals surface area contributed by atoms with Crippen LogP contribution in [0.1, 0.15) is 12.5 Å². The molecule has 2 aromatic carbocycles. The normalized spacial score (nSPS) is 11.2. The fraction of sp³-hybridized carbons (Fsp3) is 0.0714. The van der Waals surface area contributed by atoms with Crippen LogP contribution < -0.4 is 5.43 Å². The summed E-state index contributed by atoms with van der Waals surface area (Å²) in [6, 6.07) is 14.2. The molecule has 0 saturated heterocycles. The number of halogens is 1. The fourth-order valence-electron chi connectivity index (χ4n) is 1.59. The minimum Gasteiger partial charge on any atom is -0.278 e. The average molecular weight is 381 g/mol. The van der Waals surface area contributed by atoms with Gasteiger partial charge in [-0.3, -0.25) is 15.5 Å². The predicted octanol–water partition coefficient (Wildman–Crippen LogP) is 4.04. The van der Waals surface area contributed by atoms with Gasteiger partial charge in [0.1, 0.15) is 0 Å². The van der Waals surface area contributed by atoms with Gasteiger partial charge in [0.05, 0.1) is 16.3 Å². The largest absolute Gasteiger partial charge is 0.278 e. The van der Waals surface area contributed by atoms with E-state index >= 15 is 0 Å². The van der Waals surface area contributed by atoms with Gasteiger partial charge in [-0.1, -0.05) is 18.2 Å². The van der Waals surface area contributed by atoms with E-state index in [-0.39, 0.29) is 5.69 Å².